The normalized spacial score (nSPS) is 10.8. The molecule has 0 unspecified atom stereocenters. The van der Waals surface area contributed by atoms with Crippen molar-refractivity contribution < 1.29 is 4.79 Å². The van der Waals surface area contributed by atoms with Crippen molar-refractivity contribution in [1.82, 2.24) is 4.98 Å². The van der Waals surface area contributed by atoms with Crippen molar-refractivity contribution in [1.29, 1.82) is 0 Å². The van der Waals surface area contributed by atoms with E-state index in [1.807, 2.05) is 79.3 Å². The maximum Gasteiger partial charge on any atom is 0.284 e. The van der Waals surface area contributed by atoms with Crippen LogP contribution in [0, 0.1) is 0 Å². The molecule has 0 aliphatic rings. The Morgan fingerprint density at radius 1 is 1.04 bits per heavy atom. The third-order valence-electron chi connectivity index (χ3n) is 4.65. The molecule has 0 atom stereocenters. The number of anilines is 2. The maximum absolute atomic E-state index is 13.0. The van der Waals surface area contributed by atoms with E-state index in [-0.39, 0.29) is 5.91 Å². The molecule has 2 N–H and O–H groups in total. The third kappa shape index (κ3) is 3.47. The quantitative estimate of drug-likeness (QED) is 0.312. The number of pyridine rings is 1. The van der Waals surface area contributed by atoms with Crippen LogP contribution in [-0.4, -0.2) is 17.9 Å². The summed E-state index contributed by atoms with van der Waals surface area (Å²) in [6.45, 7) is 0.663. The molecule has 5 nitrogen and oxygen atoms in total. The fourth-order valence-electron chi connectivity index (χ4n) is 3.21. The molecule has 140 valence electrons. The Bertz CT molecular complexity index is 1100. The van der Waals surface area contributed by atoms with Gasteiger partial charge in [-0.1, -0.05) is 36.4 Å². The van der Waals surface area contributed by atoms with Gasteiger partial charge in [-0.3, -0.25) is 9.78 Å². The minimum absolute atomic E-state index is 0.220. The van der Waals surface area contributed by atoms with Gasteiger partial charge in [0.2, 0.25) is 0 Å². The number of hydrogen-bond acceptors (Lipinski definition) is 5. The molecule has 0 saturated carbocycles. The number of nitrogens with zero attached hydrogens (tertiary/aromatic N) is 3. The number of thiophene rings is 1. The lowest BCUT2D eigenvalue weighted by molar-refractivity contribution is 0.0991. The van der Waals surface area contributed by atoms with E-state index in [1.54, 1.807) is 0 Å². The maximum atomic E-state index is 13.0. The summed E-state index contributed by atoms with van der Waals surface area (Å²) in [7, 11) is 1.98. The fourth-order valence-corrected chi connectivity index (χ4v) is 4.09. The summed E-state index contributed by atoms with van der Waals surface area (Å²) in [5.41, 5.74) is 3.65. The lowest BCUT2D eigenvalue weighted by Gasteiger charge is -2.22. The van der Waals surface area contributed by atoms with Gasteiger partial charge in [-0.2, -0.15) is 0 Å². The Labute approximate surface area is 167 Å². The lowest BCUT2D eigenvalue weighted by Crippen LogP contribution is -2.37. The topological polar surface area (TPSA) is 62.5 Å². The lowest BCUT2D eigenvalue weighted by atomic mass is 10.1. The molecule has 4 rings (SSSR count). The van der Waals surface area contributed by atoms with Gasteiger partial charge in [0.05, 0.1) is 16.9 Å². The van der Waals surface area contributed by atoms with Gasteiger partial charge in [-0.25, -0.2) is 10.9 Å². The molecule has 4 aromatic rings. The molecule has 2 aromatic carbocycles. The van der Waals surface area contributed by atoms with Gasteiger partial charge in [-0.15, -0.1) is 11.3 Å². The molecule has 28 heavy (non-hydrogen) atoms. The van der Waals surface area contributed by atoms with E-state index in [0.717, 1.165) is 22.2 Å². The second kappa shape index (κ2) is 7.80. The van der Waals surface area contributed by atoms with Crippen LogP contribution in [0.2, 0.25) is 0 Å². The molecule has 0 bridgehead atoms. The van der Waals surface area contributed by atoms with Crippen LogP contribution in [0.1, 0.15) is 15.2 Å². The first-order valence-corrected chi connectivity index (χ1v) is 9.78. The summed E-state index contributed by atoms with van der Waals surface area (Å²) < 4.78 is 0. The third-order valence-corrected chi connectivity index (χ3v) is 5.54. The number of carbonyl (C=O) groups is 1. The van der Waals surface area contributed by atoms with Crippen molar-refractivity contribution in [3.8, 4) is 0 Å². The minimum Gasteiger partial charge on any atom is -0.369 e. The van der Waals surface area contributed by atoms with Crippen LogP contribution >= 0.6 is 11.3 Å². The van der Waals surface area contributed by atoms with Crippen molar-refractivity contribution in [3.63, 3.8) is 0 Å². The fraction of sp³-hybridized carbons (Fsp3) is 0.0909. The van der Waals surface area contributed by atoms with Crippen LogP contribution < -0.4 is 15.8 Å². The standard InChI is InChI=1S/C22H20N4OS/c1-25(15-16-11-13-24-19-10-6-5-9-18(16)19)20-12-14-28-21(20)22(27)26(23)17-7-3-2-4-8-17/h2-14H,15,23H2,1H3. The van der Waals surface area contributed by atoms with E-state index in [2.05, 4.69) is 16.0 Å². The number of carbonyl (C=O) groups excluding carboxylic acids is 1. The van der Waals surface area contributed by atoms with Crippen LogP contribution in [0.15, 0.2) is 78.3 Å². The summed E-state index contributed by atoms with van der Waals surface area (Å²) in [6, 6.07) is 21.3. The first kappa shape index (κ1) is 18.2. The number of fused-ring (bicyclic) bond motifs is 1. The average Bonchev–Trinajstić information content (AvgIpc) is 3.23. The number of hydrazine groups is 1. The molecule has 0 saturated heterocycles. The van der Waals surface area contributed by atoms with Crippen LogP contribution in [0.4, 0.5) is 11.4 Å². The van der Waals surface area contributed by atoms with Gasteiger partial charge in [0.1, 0.15) is 4.88 Å². The average molecular weight is 388 g/mol. The second-order valence-electron chi connectivity index (χ2n) is 6.49. The second-order valence-corrected chi connectivity index (χ2v) is 7.41. The highest BCUT2D eigenvalue weighted by atomic mass is 32.1. The summed E-state index contributed by atoms with van der Waals surface area (Å²) in [5.74, 6) is 5.87. The van der Waals surface area contributed by atoms with Gasteiger partial charge in [0.15, 0.2) is 0 Å². The minimum atomic E-state index is -0.220. The van der Waals surface area contributed by atoms with E-state index >= 15 is 0 Å². The summed E-state index contributed by atoms with van der Waals surface area (Å²) in [6.07, 6.45) is 1.82. The van der Waals surface area contributed by atoms with E-state index in [1.165, 1.54) is 16.3 Å². The smallest absolute Gasteiger partial charge is 0.284 e. The highest BCUT2D eigenvalue weighted by Gasteiger charge is 2.21. The summed E-state index contributed by atoms with van der Waals surface area (Å²) >= 11 is 1.40. The number of benzene rings is 2. The number of nitrogens with two attached hydrogens (primary N) is 1. The number of para-hydroxylation sites is 2. The van der Waals surface area contributed by atoms with Crippen molar-refractivity contribution >= 4 is 39.5 Å². The Morgan fingerprint density at radius 2 is 1.79 bits per heavy atom. The van der Waals surface area contributed by atoms with Crippen LogP contribution in [-0.2, 0) is 6.54 Å². The zero-order chi connectivity index (χ0) is 19.5. The molecule has 0 spiro atoms. The zero-order valence-corrected chi connectivity index (χ0v) is 16.3. The van der Waals surface area contributed by atoms with E-state index in [9.17, 15) is 4.79 Å². The largest absolute Gasteiger partial charge is 0.369 e. The van der Waals surface area contributed by atoms with Gasteiger partial charge in [-0.05, 0) is 41.3 Å². The molecule has 2 aromatic heterocycles. The van der Waals surface area contributed by atoms with Crippen molar-refractivity contribution in [3.05, 3.63) is 88.7 Å². The number of amides is 1. The van der Waals surface area contributed by atoms with E-state index in [4.69, 9.17) is 5.84 Å². The first-order chi connectivity index (χ1) is 13.6. The molecule has 1 amide bonds. The predicted octanol–water partition coefficient (Wildman–Crippen LogP) is 4.45. The molecule has 0 aliphatic heterocycles. The van der Waals surface area contributed by atoms with Crippen molar-refractivity contribution in [2.45, 2.75) is 6.54 Å². The number of aromatic nitrogens is 1. The highest BCUT2D eigenvalue weighted by molar-refractivity contribution is 7.12. The Morgan fingerprint density at radius 3 is 2.61 bits per heavy atom. The van der Waals surface area contributed by atoms with Gasteiger partial charge >= 0.3 is 0 Å². The van der Waals surface area contributed by atoms with Crippen LogP contribution in [0.3, 0.4) is 0 Å². The van der Waals surface area contributed by atoms with Crippen LogP contribution in [0.25, 0.3) is 10.9 Å². The zero-order valence-electron chi connectivity index (χ0n) is 15.4. The molecule has 0 aliphatic carbocycles. The van der Waals surface area contributed by atoms with Gasteiger partial charge in [0, 0.05) is 25.2 Å². The van der Waals surface area contributed by atoms with Gasteiger partial charge in [0.25, 0.3) is 5.91 Å². The number of hydrogen-bond donors (Lipinski definition) is 1. The van der Waals surface area contributed by atoms with E-state index < -0.39 is 0 Å². The summed E-state index contributed by atoms with van der Waals surface area (Å²) in [4.78, 5) is 20.1. The van der Waals surface area contributed by atoms with E-state index in [0.29, 0.717) is 17.1 Å². The highest BCUT2D eigenvalue weighted by Crippen LogP contribution is 2.29. The van der Waals surface area contributed by atoms with Crippen molar-refractivity contribution in [2.75, 3.05) is 17.0 Å². The molecule has 0 fully saturated rings. The monoisotopic (exact) mass is 388 g/mol. The predicted molar refractivity (Wildman–Crippen MR) is 116 cm³/mol. The van der Waals surface area contributed by atoms with Gasteiger partial charge < -0.3 is 4.90 Å². The molecule has 2 heterocycles. The Hall–Kier alpha value is -3.22. The van der Waals surface area contributed by atoms with Crippen molar-refractivity contribution in [2.24, 2.45) is 5.84 Å². The number of rotatable bonds is 5. The summed E-state index contributed by atoms with van der Waals surface area (Å²) in [5, 5.41) is 4.23. The van der Waals surface area contributed by atoms with Crippen LogP contribution in [0.5, 0.6) is 0 Å². The molecule has 6 heteroatoms. The molecule has 0 radical (unpaired) electrons. The Kier molecular flexibility index (Phi) is 5.06. The molecular formula is C22H20N4OS. The molecular weight excluding hydrogens is 368 g/mol. The SMILES string of the molecule is CN(Cc1ccnc2ccccc12)c1ccsc1C(=O)N(N)c1ccccc1. The Balaban J connectivity index is 1.60. The first-order valence-electron chi connectivity index (χ1n) is 8.90.